The monoisotopic (exact) mass is 112 g/mol. The molecule has 0 aliphatic carbocycles. The van der Waals surface area contributed by atoms with Crippen molar-refractivity contribution in [1.82, 2.24) is 0 Å². The normalized spacial score (nSPS) is 11.2. The van der Waals surface area contributed by atoms with E-state index in [1.54, 1.807) is 13.4 Å². The highest BCUT2D eigenvalue weighted by Gasteiger charge is 1.61. The van der Waals surface area contributed by atoms with Crippen LogP contribution in [0.4, 0.5) is 0 Å². The van der Waals surface area contributed by atoms with Crippen LogP contribution in [-0.2, 0) is 4.74 Å². The van der Waals surface area contributed by atoms with Gasteiger partial charge < -0.3 is 4.74 Å². The van der Waals surface area contributed by atoms with Crippen LogP contribution in [0, 0.1) is 0 Å². The zero-order chi connectivity index (χ0) is 6.24. The van der Waals surface area contributed by atoms with E-state index in [4.69, 9.17) is 0 Å². The highest BCUT2D eigenvalue weighted by molar-refractivity contribution is 4.98. The minimum absolute atomic E-state index is 1.08. The molecule has 0 atom stereocenters. The van der Waals surface area contributed by atoms with E-state index in [0.29, 0.717) is 0 Å². The molecule has 0 aromatic rings. The molecule has 0 aromatic heterocycles. The predicted molar refractivity (Wildman–Crippen MR) is 35.6 cm³/mol. The second kappa shape index (κ2) is 6.28. The molecular weight excluding hydrogens is 100 g/mol. The average Bonchev–Trinajstić information content (AvgIpc) is 1.81. The maximum Gasteiger partial charge on any atom is 0.0824 e. The fourth-order valence-electron chi connectivity index (χ4n) is 0.339. The second-order valence-corrected chi connectivity index (χ2v) is 1.40. The van der Waals surface area contributed by atoms with Gasteiger partial charge in [-0.25, -0.2) is 0 Å². The second-order valence-electron chi connectivity index (χ2n) is 1.40. The van der Waals surface area contributed by atoms with Gasteiger partial charge in [-0.1, -0.05) is 19.1 Å². The summed E-state index contributed by atoms with van der Waals surface area (Å²) in [6, 6.07) is 0. The summed E-state index contributed by atoms with van der Waals surface area (Å²) in [5.41, 5.74) is 0. The molecule has 0 heterocycles. The summed E-state index contributed by atoms with van der Waals surface area (Å²) in [6.45, 7) is 2.09. The Labute approximate surface area is 50.7 Å². The first-order valence-electron chi connectivity index (χ1n) is 2.76. The molecule has 0 saturated heterocycles. The molecule has 0 saturated carbocycles. The summed E-state index contributed by atoms with van der Waals surface area (Å²) in [7, 11) is 1.64. The molecule has 0 aromatic carbocycles. The van der Waals surface area contributed by atoms with Crippen molar-refractivity contribution in [3.63, 3.8) is 0 Å². The molecule has 1 nitrogen and oxygen atoms in total. The molecule has 0 bridgehead atoms. The Bertz CT molecular complexity index is 70.4. The highest BCUT2D eigenvalue weighted by Crippen LogP contribution is 1.80. The van der Waals surface area contributed by atoms with Gasteiger partial charge in [-0.3, -0.25) is 0 Å². The Kier molecular flexibility index (Phi) is 5.71. The van der Waals surface area contributed by atoms with Gasteiger partial charge in [0.05, 0.1) is 13.4 Å². The Morgan fingerprint density at radius 1 is 1.38 bits per heavy atom. The van der Waals surface area contributed by atoms with E-state index in [1.165, 1.54) is 0 Å². The lowest BCUT2D eigenvalue weighted by Crippen LogP contribution is -1.60. The van der Waals surface area contributed by atoms with Gasteiger partial charge in [-0.2, -0.15) is 0 Å². The summed E-state index contributed by atoms with van der Waals surface area (Å²) < 4.78 is 4.66. The highest BCUT2D eigenvalue weighted by atomic mass is 16.5. The number of hydrogen-bond donors (Lipinski definition) is 0. The Balaban J connectivity index is 3.13. The van der Waals surface area contributed by atoms with E-state index in [1.807, 2.05) is 12.2 Å². The molecule has 0 unspecified atom stereocenters. The van der Waals surface area contributed by atoms with Crippen LogP contribution in [0.5, 0.6) is 0 Å². The van der Waals surface area contributed by atoms with Crippen molar-refractivity contribution < 1.29 is 4.74 Å². The molecule has 0 amide bonds. The zero-order valence-corrected chi connectivity index (χ0v) is 5.42. The summed E-state index contributed by atoms with van der Waals surface area (Å²) in [5.74, 6) is 0. The molecule has 46 valence electrons. The van der Waals surface area contributed by atoms with Gasteiger partial charge in [0, 0.05) is 0 Å². The van der Waals surface area contributed by atoms with Gasteiger partial charge in [0.1, 0.15) is 0 Å². The van der Waals surface area contributed by atoms with Crippen molar-refractivity contribution in [2.45, 2.75) is 13.3 Å². The predicted octanol–water partition coefficient (Wildman–Crippen LogP) is 2.11. The SMILES string of the molecule is CCC=CC=COC. The van der Waals surface area contributed by atoms with Gasteiger partial charge >= 0.3 is 0 Å². The molecule has 0 spiro atoms. The fourth-order valence-corrected chi connectivity index (χ4v) is 0.339. The van der Waals surface area contributed by atoms with Crippen LogP contribution in [0.25, 0.3) is 0 Å². The first kappa shape index (κ1) is 7.28. The van der Waals surface area contributed by atoms with Gasteiger partial charge in [0.25, 0.3) is 0 Å². The van der Waals surface area contributed by atoms with Crippen LogP contribution in [0.2, 0.25) is 0 Å². The van der Waals surface area contributed by atoms with Gasteiger partial charge in [-0.15, -0.1) is 0 Å². The maximum absolute atomic E-state index is 4.66. The van der Waals surface area contributed by atoms with Crippen molar-refractivity contribution in [3.8, 4) is 0 Å². The lowest BCUT2D eigenvalue weighted by molar-refractivity contribution is 0.338. The lowest BCUT2D eigenvalue weighted by Gasteiger charge is -1.79. The third kappa shape index (κ3) is 5.28. The van der Waals surface area contributed by atoms with Gasteiger partial charge in [0.2, 0.25) is 0 Å². The minimum atomic E-state index is 1.08. The number of allylic oxidation sites excluding steroid dienone is 3. The van der Waals surface area contributed by atoms with E-state index in [2.05, 4.69) is 17.7 Å². The van der Waals surface area contributed by atoms with Crippen LogP contribution in [0.1, 0.15) is 13.3 Å². The van der Waals surface area contributed by atoms with Crippen molar-refractivity contribution in [1.29, 1.82) is 0 Å². The maximum atomic E-state index is 4.66. The van der Waals surface area contributed by atoms with Crippen LogP contribution >= 0.6 is 0 Å². The standard InChI is InChI=1S/C7H12O/c1-3-4-5-6-7-8-2/h4-7H,3H2,1-2H3. The van der Waals surface area contributed by atoms with Crippen LogP contribution in [0.15, 0.2) is 24.5 Å². The first-order chi connectivity index (χ1) is 3.91. The van der Waals surface area contributed by atoms with Crippen LogP contribution in [0.3, 0.4) is 0 Å². The summed E-state index contributed by atoms with van der Waals surface area (Å²) >= 11 is 0. The molecular formula is C7H12O. The molecule has 0 aliphatic heterocycles. The molecule has 0 aliphatic rings. The third-order valence-corrected chi connectivity index (χ3v) is 0.698. The fraction of sp³-hybridized carbons (Fsp3) is 0.429. The number of methoxy groups -OCH3 is 1. The Morgan fingerprint density at radius 3 is 2.62 bits per heavy atom. The van der Waals surface area contributed by atoms with E-state index < -0.39 is 0 Å². The van der Waals surface area contributed by atoms with Crippen molar-refractivity contribution in [3.05, 3.63) is 24.5 Å². The van der Waals surface area contributed by atoms with Crippen LogP contribution in [-0.4, -0.2) is 7.11 Å². The summed E-state index contributed by atoms with van der Waals surface area (Å²) in [5, 5.41) is 0. The quantitative estimate of drug-likeness (QED) is 0.401. The lowest BCUT2D eigenvalue weighted by atomic mass is 10.4. The Hall–Kier alpha value is -0.720. The van der Waals surface area contributed by atoms with E-state index in [-0.39, 0.29) is 0 Å². The minimum Gasteiger partial charge on any atom is -0.504 e. The smallest absolute Gasteiger partial charge is 0.0824 e. The van der Waals surface area contributed by atoms with Crippen molar-refractivity contribution >= 4 is 0 Å². The number of hydrogen-bond acceptors (Lipinski definition) is 1. The molecule has 0 N–H and O–H groups in total. The zero-order valence-electron chi connectivity index (χ0n) is 5.42. The van der Waals surface area contributed by atoms with Crippen molar-refractivity contribution in [2.24, 2.45) is 0 Å². The number of ether oxygens (including phenoxy) is 1. The van der Waals surface area contributed by atoms with E-state index in [9.17, 15) is 0 Å². The molecule has 0 fully saturated rings. The van der Waals surface area contributed by atoms with Crippen LogP contribution < -0.4 is 0 Å². The third-order valence-electron chi connectivity index (χ3n) is 0.698. The molecule has 8 heavy (non-hydrogen) atoms. The molecule has 0 rings (SSSR count). The van der Waals surface area contributed by atoms with Gasteiger partial charge in [-0.05, 0) is 12.5 Å². The number of rotatable bonds is 3. The largest absolute Gasteiger partial charge is 0.504 e. The van der Waals surface area contributed by atoms with Gasteiger partial charge in [0.15, 0.2) is 0 Å². The summed E-state index contributed by atoms with van der Waals surface area (Å²) in [4.78, 5) is 0. The van der Waals surface area contributed by atoms with Crippen molar-refractivity contribution in [2.75, 3.05) is 7.11 Å². The topological polar surface area (TPSA) is 9.23 Å². The van der Waals surface area contributed by atoms with E-state index in [0.717, 1.165) is 6.42 Å². The van der Waals surface area contributed by atoms with E-state index >= 15 is 0 Å². The molecule has 0 radical (unpaired) electrons. The Morgan fingerprint density at radius 2 is 2.12 bits per heavy atom. The summed E-state index contributed by atoms with van der Waals surface area (Å²) in [6.07, 6.45) is 8.61. The average molecular weight is 112 g/mol. The first-order valence-corrected chi connectivity index (χ1v) is 2.76. The molecule has 1 heteroatoms.